The third kappa shape index (κ3) is 3.04. The van der Waals surface area contributed by atoms with Crippen molar-refractivity contribution in [2.75, 3.05) is 42.3 Å². The Balaban J connectivity index is 1.92. The lowest BCUT2D eigenvalue weighted by Crippen LogP contribution is -2.26. The second kappa shape index (κ2) is 6.85. The van der Waals surface area contributed by atoms with Gasteiger partial charge in [0.25, 0.3) is 0 Å². The Labute approximate surface area is 156 Å². The molecular weight excluding hydrogens is 328 g/mol. The zero-order valence-corrected chi connectivity index (χ0v) is 17.1. The molecule has 0 unspecified atom stereocenters. The van der Waals surface area contributed by atoms with Crippen LogP contribution in [0.15, 0.2) is 47.2 Å². The minimum atomic E-state index is 0.0993. The molecular formula is C20H30N4O2. The Bertz CT molecular complexity index is 674. The molecule has 142 valence electrons. The molecule has 0 spiro atoms. The van der Waals surface area contributed by atoms with Gasteiger partial charge in [0.15, 0.2) is 0 Å². The van der Waals surface area contributed by atoms with Gasteiger partial charge in [0, 0.05) is 42.3 Å². The van der Waals surface area contributed by atoms with Gasteiger partial charge in [-0.2, -0.15) is 0 Å². The highest BCUT2D eigenvalue weighted by molar-refractivity contribution is 5.37. The quantitative estimate of drug-likeness (QED) is 0.822. The van der Waals surface area contributed by atoms with Crippen molar-refractivity contribution in [1.29, 1.82) is 0 Å². The van der Waals surface area contributed by atoms with Crippen molar-refractivity contribution >= 4 is 0 Å². The predicted octanol–water partition coefficient (Wildman–Crippen LogP) is 3.11. The van der Waals surface area contributed by atoms with E-state index in [0.717, 1.165) is 11.5 Å². The van der Waals surface area contributed by atoms with Crippen LogP contribution < -0.4 is 0 Å². The van der Waals surface area contributed by atoms with Crippen molar-refractivity contribution < 1.29 is 9.68 Å². The van der Waals surface area contributed by atoms with E-state index in [1.54, 1.807) is 0 Å². The van der Waals surface area contributed by atoms with Crippen LogP contribution in [0.5, 0.6) is 0 Å². The first kappa shape index (κ1) is 18.6. The summed E-state index contributed by atoms with van der Waals surface area (Å²) in [5.41, 5.74) is 4.80. The lowest BCUT2D eigenvalue weighted by Gasteiger charge is -2.27. The smallest absolute Gasteiger partial charge is 0.142 e. The topological polar surface area (TPSA) is 31.4 Å². The number of rotatable bonds is 4. The first-order valence-electron chi connectivity index (χ1n) is 8.90. The molecule has 0 aliphatic carbocycles. The van der Waals surface area contributed by atoms with Gasteiger partial charge in [0.1, 0.15) is 23.6 Å². The Kier molecular flexibility index (Phi) is 4.90. The van der Waals surface area contributed by atoms with Crippen LogP contribution in [0.4, 0.5) is 0 Å². The molecule has 0 fully saturated rings. The van der Waals surface area contributed by atoms with Gasteiger partial charge in [-0.3, -0.25) is 0 Å². The molecule has 6 heteroatoms. The Morgan fingerprint density at radius 3 is 1.27 bits per heavy atom. The van der Waals surface area contributed by atoms with Crippen molar-refractivity contribution in [3.63, 3.8) is 0 Å². The second-order valence-corrected chi connectivity index (χ2v) is 7.42. The van der Waals surface area contributed by atoms with Gasteiger partial charge in [-0.25, -0.2) is 0 Å². The van der Waals surface area contributed by atoms with Gasteiger partial charge in [0.2, 0.25) is 0 Å². The normalized spacial score (nSPS) is 24.2. The maximum absolute atomic E-state index is 5.84. The van der Waals surface area contributed by atoms with E-state index in [0.29, 0.717) is 0 Å². The lowest BCUT2D eigenvalue weighted by molar-refractivity contribution is -0.0962. The fourth-order valence-corrected chi connectivity index (χ4v) is 4.08. The van der Waals surface area contributed by atoms with Crippen LogP contribution in [0.2, 0.25) is 0 Å². The van der Waals surface area contributed by atoms with Crippen LogP contribution in [0.25, 0.3) is 0 Å². The van der Waals surface area contributed by atoms with E-state index in [4.69, 9.17) is 9.68 Å². The van der Waals surface area contributed by atoms with Gasteiger partial charge in [0.05, 0.1) is 11.4 Å². The molecule has 0 aromatic heterocycles. The highest BCUT2D eigenvalue weighted by atomic mass is 16.7. The molecule has 0 saturated carbocycles. The second-order valence-electron chi connectivity index (χ2n) is 7.42. The molecule has 2 heterocycles. The molecule has 2 aliphatic rings. The van der Waals surface area contributed by atoms with E-state index in [1.807, 2.05) is 38.1 Å². The van der Waals surface area contributed by atoms with Crippen LogP contribution in [0, 0.1) is 0 Å². The molecule has 26 heavy (non-hydrogen) atoms. The van der Waals surface area contributed by atoms with Crippen molar-refractivity contribution in [2.45, 2.75) is 25.9 Å². The number of hydrogen-bond acceptors (Lipinski definition) is 6. The number of hydrogen-bond donors (Lipinski definition) is 0. The summed E-state index contributed by atoms with van der Waals surface area (Å²) in [7, 11) is 12.2. The summed E-state index contributed by atoms with van der Waals surface area (Å²) in [5, 5.41) is 3.83. The number of hydroxylamine groups is 4. The number of likely N-dealkylation sites (N-methyl/N-ethyl adjacent to an activating group) is 4. The summed E-state index contributed by atoms with van der Waals surface area (Å²) >= 11 is 0. The zero-order chi connectivity index (χ0) is 19.2. The minimum Gasteiger partial charge on any atom is -0.408 e. The fourth-order valence-electron chi connectivity index (χ4n) is 4.08. The van der Waals surface area contributed by atoms with E-state index in [-0.39, 0.29) is 12.1 Å². The molecule has 0 N–H and O–H groups in total. The molecule has 0 saturated heterocycles. The van der Waals surface area contributed by atoms with Gasteiger partial charge in [-0.05, 0) is 25.0 Å². The maximum Gasteiger partial charge on any atom is 0.142 e. The summed E-state index contributed by atoms with van der Waals surface area (Å²) in [5.74, 6) is 1.90. The first-order chi connectivity index (χ1) is 12.2. The largest absolute Gasteiger partial charge is 0.408 e. The number of allylic oxidation sites excluding steroid dienone is 2. The molecule has 0 amide bonds. The minimum absolute atomic E-state index is 0.0993. The average Bonchev–Trinajstić information content (AvgIpc) is 3.02. The molecule has 0 radical (unpaired) electrons. The van der Waals surface area contributed by atoms with Crippen LogP contribution in [-0.4, -0.2) is 62.2 Å². The van der Waals surface area contributed by atoms with E-state index in [2.05, 4.69) is 62.3 Å². The average molecular weight is 358 g/mol. The third-order valence-corrected chi connectivity index (χ3v) is 5.06. The predicted molar refractivity (Wildman–Crippen MR) is 102 cm³/mol. The van der Waals surface area contributed by atoms with Crippen LogP contribution in [0.3, 0.4) is 0 Å². The monoisotopic (exact) mass is 358 g/mol. The third-order valence-electron chi connectivity index (χ3n) is 5.06. The summed E-state index contributed by atoms with van der Waals surface area (Å²) < 4.78 is 0. The van der Waals surface area contributed by atoms with Crippen molar-refractivity contribution in [3.8, 4) is 0 Å². The van der Waals surface area contributed by atoms with Crippen LogP contribution >= 0.6 is 0 Å². The van der Waals surface area contributed by atoms with Gasteiger partial charge >= 0.3 is 0 Å². The van der Waals surface area contributed by atoms with Crippen molar-refractivity contribution in [2.24, 2.45) is 0 Å². The molecule has 1 aromatic rings. The Hall–Kier alpha value is -2.18. The summed E-state index contributed by atoms with van der Waals surface area (Å²) in [6.45, 7) is 4.03. The molecule has 6 nitrogen and oxygen atoms in total. The van der Waals surface area contributed by atoms with Gasteiger partial charge in [-0.15, -0.1) is 10.1 Å². The van der Waals surface area contributed by atoms with Crippen molar-refractivity contribution in [1.82, 2.24) is 19.9 Å². The van der Waals surface area contributed by atoms with Crippen molar-refractivity contribution in [3.05, 3.63) is 58.3 Å². The molecule has 3 rings (SSSR count). The van der Waals surface area contributed by atoms with E-state index in [1.165, 1.54) is 22.5 Å². The SMILES string of the molecule is CC1=C(N(C)C)[C@@H](c2ccc([C@@H]3C(N(C)C)=C(C)ON3C)cc2)N(C)O1. The number of nitrogens with zero attached hydrogens (tertiary/aromatic N) is 4. The standard InChI is InChI=1S/C20H30N4O2/c1-13-17(21(3)4)19(23(7)25-13)15-9-11-16(12-10-15)20-18(22(5)6)14(2)26-24(20)8/h9-12,19-20H,1-8H3/t19-,20-/m1/s1. The van der Waals surface area contributed by atoms with E-state index < -0.39 is 0 Å². The maximum atomic E-state index is 5.84. The summed E-state index contributed by atoms with van der Waals surface area (Å²) in [4.78, 5) is 15.9. The number of benzene rings is 1. The molecule has 0 bridgehead atoms. The highest BCUT2D eigenvalue weighted by Crippen LogP contribution is 2.40. The molecule has 2 atom stereocenters. The highest BCUT2D eigenvalue weighted by Gasteiger charge is 2.35. The van der Waals surface area contributed by atoms with Crippen LogP contribution in [-0.2, 0) is 9.68 Å². The summed E-state index contributed by atoms with van der Waals surface area (Å²) in [6, 6.07) is 8.96. The fraction of sp³-hybridized carbons (Fsp3) is 0.500. The zero-order valence-electron chi connectivity index (χ0n) is 17.1. The summed E-state index contributed by atoms with van der Waals surface area (Å²) in [6.07, 6.45) is 0. The van der Waals surface area contributed by atoms with Gasteiger partial charge < -0.3 is 19.5 Å². The van der Waals surface area contributed by atoms with Gasteiger partial charge in [-0.1, -0.05) is 24.3 Å². The molecule has 2 aliphatic heterocycles. The Morgan fingerprint density at radius 2 is 1.00 bits per heavy atom. The first-order valence-corrected chi connectivity index (χ1v) is 8.90. The molecule has 1 aromatic carbocycles. The van der Waals surface area contributed by atoms with Crippen LogP contribution in [0.1, 0.15) is 37.1 Å². The Morgan fingerprint density at radius 1 is 0.692 bits per heavy atom. The lowest BCUT2D eigenvalue weighted by atomic mass is 9.97. The van der Waals surface area contributed by atoms with E-state index in [9.17, 15) is 0 Å². The van der Waals surface area contributed by atoms with E-state index >= 15 is 0 Å².